The molecule has 1 aliphatic heterocycles. The molecule has 0 unspecified atom stereocenters. The molecule has 1 amide bonds. The van der Waals surface area contributed by atoms with Crippen molar-refractivity contribution in [3.63, 3.8) is 0 Å². The monoisotopic (exact) mass is 336 g/mol. The van der Waals surface area contributed by atoms with Gasteiger partial charge in [0.05, 0.1) is 17.8 Å². The number of carbonyl (C=O) groups is 1. The number of aliphatic imine (C=N–C) groups is 1. The topological polar surface area (TPSA) is 85.1 Å². The number of hydrogen-bond donors (Lipinski definition) is 1. The lowest BCUT2D eigenvalue weighted by Gasteiger charge is -2.10. The fraction of sp³-hybridized carbons (Fsp3) is 0.118. The summed E-state index contributed by atoms with van der Waals surface area (Å²) >= 11 is 0. The number of alkyl halides is 1. The van der Waals surface area contributed by atoms with E-state index in [1.54, 1.807) is 35.0 Å². The van der Waals surface area contributed by atoms with Crippen molar-refractivity contribution in [2.24, 2.45) is 4.99 Å². The molecule has 1 aromatic carbocycles. The Bertz CT molecular complexity index is 981. The average molecular weight is 336 g/mol. The highest BCUT2D eigenvalue weighted by atomic mass is 19.1. The van der Waals surface area contributed by atoms with Gasteiger partial charge in [-0.25, -0.2) is 14.4 Å². The molecule has 0 saturated heterocycles. The van der Waals surface area contributed by atoms with Crippen molar-refractivity contribution in [1.29, 1.82) is 0 Å². The van der Waals surface area contributed by atoms with E-state index in [0.29, 0.717) is 28.6 Å². The highest BCUT2D eigenvalue weighted by molar-refractivity contribution is 6.16. The van der Waals surface area contributed by atoms with E-state index in [0.717, 1.165) is 5.56 Å². The Hall–Kier alpha value is -3.42. The second kappa shape index (κ2) is 6.23. The molecular formula is C17H13FN6O. The molecule has 0 spiro atoms. The number of benzene rings is 1. The molecule has 0 radical (unpaired) electrons. The van der Waals surface area contributed by atoms with E-state index in [1.807, 2.05) is 12.1 Å². The predicted octanol–water partition coefficient (Wildman–Crippen LogP) is 2.63. The molecule has 0 atom stereocenters. The van der Waals surface area contributed by atoms with Crippen molar-refractivity contribution in [3.05, 3.63) is 53.9 Å². The van der Waals surface area contributed by atoms with Crippen LogP contribution < -0.4 is 5.32 Å². The Labute approximate surface area is 142 Å². The lowest BCUT2D eigenvalue weighted by atomic mass is 10.1. The number of carbonyl (C=O) groups excluding carboxylic acids is 1. The Morgan fingerprint density at radius 1 is 1.16 bits per heavy atom. The quantitative estimate of drug-likeness (QED) is 0.774. The third-order valence-corrected chi connectivity index (χ3v) is 3.81. The minimum absolute atomic E-state index is 0.166. The lowest BCUT2D eigenvalue weighted by molar-refractivity contribution is 0.101. The zero-order valence-electron chi connectivity index (χ0n) is 13.1. The van der Waals surface area contributed by atoms with E-state index in [-0.39, 0.29) is 12.5 Å². The van der Waals surface area contributed by atoms with Gasteiger partial charge < -0.3 is 9.88 Å². The number of anilines is 2. The number of amides is 1. The molecule has 3 aromatic rings. The van der Waals surface area contributed by atoms with Gasteiger partial charge in [-0.05, 0) is 18.2 Å². The number of fused-ring (bicyclic) bond motifs is 1. The maximum atomic E-state index is 12.6. The minimum atomic E-state index is -0.513. The molecule has 2 aromatic heterocycles. The van der Waals surface area contributed by atoms with Gasteiger partial charge in [0.2, 0.25) is 0 Å². The van der Waals surface area contributed by atoms with Crippen LogP contribution in [-0.4, -0.2) is 38.5 Å². The van der Waals surface area contributed by atoms with E-state index in [2.05, 4.69) is 25.5 Å². The first-order valence-electron chi connectivity index (χ1n) is 7.66. The average Bonchev–Trinajstić information content (AvgIpc) is 3.23. The highest BCUT2D eigenvalue weighted by Gasteiger charge is 2.20. The molecule has 0 aliphatic carbocycles. The maximum Gasteiger partial charge on any atom is 0.279 e. The van der Waals surface area contributed by atoms with Crippen LogP contribution in [0.5, 0.6) is 0 Å². The molecule has 3 heterocycles. The standard InChI is InChI=1S/C17H13FN6O/c18-7-8-24-10-20-23-16(24)13-5-2-6-14(22-13)21-12-4-1-3-11-9-19-17(25)15(11)12/h1-6,9-10H,7-8H2,(H,21,22). The third-order valence-electron chi connectivity index (χ3n) is 3.81. The van der Waals surface area contributed by atoms with Gasteiger partial charge in [0.1, 0.15) is 24.5 Å². The van der Waals surface area contributed by atoms with Crippen molar-refractivity contribution in [2.75, 3.05) is 12.0 Å². The van der Waals surface area contributed by atoms with Crippen LogP contribution >= 0.6 is 0 Å². The van der Waals surface area contributed by atoms with Crippen LogP contribution in [-0.2, 0) is 6.54 Å². The van der Waals surface area contributed by atoms with E-state index in [1.165, 1.54) is 6.33 Å². The molecule has 1 aliphatic rings. The van der Waals surface area contributed by atoms with E-state index in [9.17, 15) is 9.18 Å². The lowest BCUT2D eigenvalue weighted by Crippen LogP contribution is -2.04. The second-order valence-electron chi connectivity index (χ2n) is 5.40. The largest absolute Gasteiger partial charge is 0.340 e. The summed E-state index contributed by atoms with van der Waals surface area (Å²) in [6.45, 7) is -0.346. The molecule has 4 rings (SSSR count). The molecule has 0 saturated carbocycles. The first-order chi connectivity index (χ1) is 12.3. The molecule has 1 N–H and O–H groups in total. The number of pyridine rings is 1. The minimum Gasteiger partial charge on any atom is -0.340 e. The van der Waals surface area contributed by atoms with Gasteiger partial charge in [-0.3, -0.25) is 4.79 Å². The van der Waals surface area contributed by atoms with Crippen molar-refractivity contribution in [3.8, 4) is 11.5 Å². The zero-order chi connectivity index (χ0) is 17.2. The van der Waals surface area contributed by atoms with Crippen molar-refractivity contribution < 1.29 is 9.18 Å². The fourth-order valence-corrected chi connectivity index (χ4v) is 2.69. The highest BCUT2D eigenvalue weighted by Crippen LogP contribution is 2.27. The molecular weight excluding hydrogens is 323 g/mol. The van der Waals surface area contributed by atoms with Gasteiger partial charge in [0.25, 0.3) is 5.91 Å². The van der Waals surface area contributed by atoms with Crippen LogP contribution in [0.2, 0.25) is 0 Å². The molecule has 124 valence electrons. The van der Waals surface area contributed by atoms with Gasteiger partial charge >= 0.3 is 0 Å². The Morgan fingerprint density at radius 2 is 2.04 bits per heavy atom. The predicted molar refractivity (Wildman–Crippen MR) is 90.9 cm³/mol. The van der Waals surface area contributed by atoms with Crippen LogP contribution in [0, 0.1) is 0 Å². The summed E-state index contributed by atoms with van der Waals surface area (Å²) in [5.74, 6) is 0.747. The van der Waals surface area contributed by atoms with E-state index in [4.69, 9.17) is 0 Å². The van der Waals surface area contributed by atoms with Gasteiger partial charge in [-0.2, -0.15) is 0 Å². The third kappa shape index (κ3) is 2.78. The number of nitrogens with zero attached hydrogens (tertiary/aromatic N) is 5. The SMILES string of the molecule is O=C1N=Cc2cccc(Nc3cccc(-c4nncn4CCF)n3)c21. The van der Waals surface area contributed by atoms with Crippen molar-refractivity contribution in [2.45, 2.75) is 6.54 Å². The smallest absolute Gasteiger partial charge is 0.279 e. The molecule has 0 bridgehead atoms. The first kappa shape index (κ1) is 15.1. The van der Waals surface area contributed by atoms with Crippen molar-refractivity contribution in [1.82, 2.24) is 19.7 Å². The van der Waals surface area contributed by atoms with Crippen LogP contribution in [0.1, 0.15) is 15.9 Å². The summed E-state index contributed by atoms with van der Waals surface area (Å²) in [4.78, 5) is 20.2. The van der Waals surface area contributed by atoms with E-state index < -0.39 is 6.67 Å². The molecule has 0 fully saturated rings. The number of hydrogen-bond acceptors (Lipinski definition) is 5. The van der Waals surface area contributed by atoms with Crippen LogP contribution in [0.3, 0.4) is 0 Å². The zero-order valence-corrected chi connectivity index (χ0v) is 13.1. The van der Waals surface area contributed by atoms with Crippen LogP contribution in [0.25, 0.3) is 11.5 Å². The number of aryl methyl sites for hydroxylation is 1. The summed E-state index contributed by atoms with van der Waals surface area (Å²) in [6.07, 6.45) is 3.02. The number of halogens is 1. The Morgan fingerprint density at radius 3 is 2.92 bits per heavy atom. The fourth-order valence-electron chi connectivity index (χ4n) is 2.69. The first-order valence-corrected chi connectivity index (χ1v) is 7.66. The molecule has 7 nitrogen and oxygen atoms in total. The number of rotatable bonds is 5. The summed E-state index contributed by atoms with van der Waals surface area (Å²) in [7, 11) is 0. The van der Waals surface area contributed by atoms with Gasteiger partial charge in [0.15, 0.2) is 5.82 Å². The molecule has 8 heteroatoms. The summed E-state index contributed by atoms with van der Waals surface area (Å²) in [5, 5.41) is 11.0. The van der Waals surface area contributed by atoms with Gasteiger partial charge in [-0.15, -0.1) is 10.2 Å². The second-order valence-corrected chi connectivity index (χ2v) is 5.40. The summed E-state index contributed by atoms with van der Waals surface area (Å²) in [6, 6.07) is 10.8. The summed E-state index contributed by atoms with van der Waals surface area (Å²) in [5.41, 5.74) is 2.49. The normalized spacial score (nSPS) is 12.4. The van der Waals surface area contributed by atoms with Gasteiger partial charge in [0, 0.05) is 11.8 Å². The van der Waals surface area contributed by atoms with Crippen LogP contribution in [0.4, 0.5) is 15.9 Å². The maximum absolute atomic E-state index is 12.6. The van der Waals surface area contributed by atoms with Crippen LogP contribution in [0.15, 0.2) is 47.7 Å². The summed E-state index contributed by atoms with van der Waals surface area (Å²) < 4.78 is 14.2. The number of aromatic nitrogens is 4. The number of nitrogens with one attached hydrogen (secondary N) is 1. The Kier molecular flexibility index (Phi) is 3.77. The molecule has 25 heavy (non-hydrogen) atoms. The van der Waals surface area contributed by atoms with E-state index >= 15 is 0 Å². The van der Waals surface area contributed by atoms with Gasteiger partial charge in [-0.1, -0.05) is 18.2 Å². The van der Waals surface area contributed by atoms with Crippen molar-refractivity contribution >= 4 is 23.6 Å². The Balaban J connectivity index is 1.67.